The van der Waals surface area contributed by atoms with Gasteiger partial charge in [-0.2, -0.15) is 13.2 Å². The lowest BCUT2D eigenvalue weighted by molar-refractivity contribution is -0.149. The molecular weight excluding hydrogens is 307 g/mol. The fourth-order valence-corrected chi connectivity index (χ4v) is 3.38. The lowest BCUT2D eigenvalue weighted by Gasteiger charge is -2.31. The van der Waals surface area contributed by atoms with Crippen molar-refractivity contribution >= 4 is 5.91 Å². The number of aromatic nitrogens is 2. The van der Waals surface area contributed by atoms with Crippen LogP contribution in [0.1, 0.15) is 57.7 Å². The molecule has 0 atom stereocenters. The smallest absolute Gasteiger partial charge is 0.336 e. The van der Waals surface area contributed by atoms with Crippen molar-refractivity contribution in [2.24, 2.45) is 0 Å². The van der Waals surface area contributed by atoms with Gasteiger partial charge in [0.15, 0.2) is 0 Å². The van der Waals surface area contributed by atoms with Crippen molar-refractivity contribution in [2.45, 2.75) is 78.2 Å². The first kappa shape index (κ1) is 17.8. The molecule has 1 heterocycles. The number of rotatable bonds is 4. The van der Waals surface area contributed by atoms with E-state index in [1.807, 2.05) is 27.7 Å². The molecule has 7 heteroatoms. The highest BCUT2D eigenvalue weighted by Crippen LogP contribution is 2.33. The number of amides is 1. The number of hydrogen-bond donors (Lipinski definition) is 0. The highest BCUT2D eigenvalue weighted by atomic mass is 19.4. The van der Waals surface area contributed by atoms with Gasteiger partial charge >= 0.3 is 6.18 Å². The van der Waals surface area contributed by atoms with Crippen LogP contribution in [0.3, 0.4) is 0 Å². The van der Waals surface area contributed by atoms with E-state index in [0.717, 1.165) is 17.4 Å². The molecule has 0 fully saturated rings. The Morgan fingerprint density at radius 1 is 1.17 bits per heavy atom. The van der Waals surface area contributed by atoms with Gasteiger partial charge in [-0.05, 0) is 53.4 Å². The summed E-state index contributed by atoms with van der Waals surface area (Å²) in [6, 6.07) is -0.118. The van der Waals surface area contributed by atoms with Gasteiger partial charge in [-0.25, -0.2) is 4.98 Å². The number of carbonyl (C=O) groups excluding carboxylic acids is 1. The molecule has 23 heavy (non-hydrogen) atoms. The van der Waals surface area contributed by atoms with Gasteiger partial charge in [0.05, 0.1) is 5.69 Å². The Bertz CT molecular complexity index is 568. The number of alkyl halides is 3. The SMILES string of the molecule is CC(C)N(C(=O)Cn1c(C(F)(F)F)nc2c1CCCC2)C(C)C. The van der Waals surface area contributed by atoms with Gasteiger partial charge in [-0.1, -0.05) is 0 Å². The molecule has 0 aliphatic heterocycles. The Morgan fingerprint density at radius 2 is 1.74 bits per heavy atom. The van der Waals surface area contributed by atoms with Crippen molar-refractivity contribution in [3.05, 3.63) is 17.2 Å². The normalized spacial score (nSPS) is 15.2. The number of carbonyl (C=O) groups is 1. The maximum atomic E-state index is 13.3. The van der Waals surface area contributed by atoms with E-state index < -0.39 is 12.0 Å². The van der Waals surface area contributed by atoms with Crippen LogP contribution in [0, 0.1) is 0 Å². The zero-order chi connectivity index (χ0) is 17.4. The number of halogens is 3. The maximum absolute atomic E-state index is 13.3. The first-order valence-electron chi connectivity index (χ1n) is 8.09. The van der Waals surface area contributed by atoms with E-state index in [2.05, 4.69) is 4.98 Å². The Kier molecular flexibility index (Phi) is 5.06. The summed E-state index contributed by atoms with van der Waals surface area (Å²) in [7, 11) is 0. The number of nitrogens with zero attached hydrogens (tertiary/aromatic N) is 3. The summed E-state index contributed by atoms with van der Waals surface area (Å²) in [5, 5.41) is 0. The summed E-state index contributed by atoms with van der Waals surface area (Å²) in [4.78, 5) is 18.0. The van der Waals surface area contributed by atoms with E-state index >= 15 is 0 Å². The van der Waals surface area contributed by atoms with Crippen molar-refractivity contribution in [3.8, 4) is 0 Å². The predicted octanol–water partition coefficient (Wildman–Crippen LogP) is 3.43. The van der Waals surface area contributed by atoms with Crippen LogP contribution < -0.4 is 0 Å². The number of imidazole rings is 1. The zero-order valence-electron chi connectivity index (χ0n) is 14.1. The Balaban J connectivity index is 2.38. The zero-order valence-corrected chi connectivity index (χ0v) is 14.1. The number of aryl methyl sites for hydroxylation is 1. The second-order valence-corrected chi connectivity index (χ2v) is 6.61. The van der Waals surface area contributed by atoms with Gasteiger partial charge < -0.3 is 9.47 Å². The summed E-state index contributed by atoms with van der Waals surface area (Å²) in [6.07, 6.45) is -1.76. The molecule has 0 unspecified atom stereocenters. The minimum Gasteiger partial charge on any atom is -0.336 e. The molecule has 0 saturated carbocycles. The molecule has 0 spiro atoms. The highest BCUT2D eigenvalue weighted by Gasteiger charge is 2.40. The van der Waals surface area contributed by atoms with E-state index in [4.69, 9.17) is 0 Å². The van der Waals surface area contributed by atoms with Gasteiger partial charge in [0.25, 0.3) is 0 Å². The van der Waals surface area contributed by atoms with Gasteiger partial charge in [0, 0.05) is 17.8 Å². The van der Waals surface area contributed by atoms with Gasteiger partial charge in [-0.15, -0.1) is 0 Å². The molecule has 1 aliphatic carbocycles. The monoisotopic (exact) mass is 331 g/mol. The largest absolute Gasteiger partial charge is 0.449 e. The summed E-state index contributed by atoms with van der Waals surface area (Å²) < 4.78 is 41.0. The van der Waals surface area contributed by atoms with E-state index in [1.54, 1.807) is 4.90 Å². The van der Waals surface area contributed by atoms with Crippen LogP contribution in [0.25, 0.3) is 0 Å². The van der Waals surface area contributed by atoms with Crippen LogP contribution in [0.4, 0.5) is 13.2 Å². The Labute approximate surface area is 134 Å². The van der Waals surface area contributed by atoms with Gasteiger partial charge in [0.1, 0.15) is 6.54 Å². The van der Waals surface area contributed by atoms with Gasteiger partial charge in [0.2, 0.25) is 11.7 Å². The third kappa shape index (κ3) is 3.70. The third-order valence-electron chi connectivity index (χ3n) is 4.18. The quantitative estimate of drug-likeness (QED) is 0.848. The van der Waals surface area contributed by atoms with E-state index in [-0.39, 0.29) is 24.5 Å². The molecule has 0 aromatic carbocycles. The summed E-state index contributed by atoms with van der Waals surface area (Å²) >= 11 is 0. The van der Waals surface area contributed by atoms with Crippen LogP contribution in [0.15, 0.2) is 0 Å². The minimum atomic E-state index is -4.54. The van der Waals surface area contributed by atoms with Crippen molar-refractivity contribution in [2.75, 3.05) is 0 Å². The van der Waals surface area contributed by atoms with E-state index in [9.17, 15) is 18.0 Å². The lowest BCUT2D eigenvalue weighted by atomic mass is 10.0. The van der Waals surface area contributed by atoms with Crippen LogP contribution in [-0.4, -0.2) is 32.4 Å². The molecule has 0 N–H and O–H groups in total. The van der Waals surface area contributed by atoms with Crippen LogP contribution in [0.5, 0.6) is 0 Å². The van der Waals surface area contributed by atoms with Crippen LogP contribution in [-0.2, 0) is 30.4 Å². The topological polar surface area (TPSA) is 38.1 Å². The number of hydrogen-bond acceptors (Lipinski definition) is 2. The molecule has 2 rings (SSSR count). The predicted molar refractivity (Wildman–Crippen MR) is 81.0 cm³/mol. The highest BCUT2D eigenvalue weighted by molar-refractivity contribution is 5.76. The second-order valence-electron chi connectivity index (χ2n) is 6.61. The number of fused-ring (bicyclic) bond motifs is 1. The molecule has 0 saturated heterocycles. The fourth-order valence-electron chi connectivity index (χ4n) is 3.38. The third-order valence-corrected chi connectivity index (χ3v) is 4.18. The van der Waals surface area contributed by atoms with E-state index in [0.29, 0.717) is 24.2 Å². The molecular formula is C16H24F3N3O. The summed E-state index contributed by atoms with van der Waals surface area (Å²) in [6.45, 7) is 7.17. The van der Waals surface area contributed by atoms with Gasteiger partial charge in [-0.3, -0.25) is 4.79 Å². The van der Waals surface area contributed by atoms with Crippen molar-refractivity contribution in [3.63, 3.8) is 0 Å². The molecule has 1 aromatic heterocycles. The average Bonchev–Trinajstić information content (AvgIpc) is 2.77. The standard InChI is InChI=1S/C16H24F3N3O/c1-10(2)22(11(3)4)14(23)9-21-13-8-6-5-7-12(13)20-15(21)16(17,18)19/h10-11H,5-9H2,1-4H3. The van der Waals surface area contributed by atoms with Crippen LogP contribution >= 0.6 is 0 Å². The van der Waals surface area contributed by atoms with Crippen LogP contribution in [0.2, 0.25) is 0 Å². The summed E-state index contributed by atoms with van der Waals surface area (Å²) in [5.41, 5.74) is 1.07. The minimum absolute atomic E-state index is 0.0591. The van der Waals surface area contributed by atoms with Crippen molar-refractivity contribution in [1.82, 2.24) is 14.5 Å². The van der Waals surface area contributed by atoms with Crippen molar-refractivity contribution < 1.29 is 18.0 Å². The molecule has 130 valence electrons. The molecule has 0 bridgehead atoms. The maximum Gasteiger partial charge on any atom is 0.449 e. The van der Waals surface area contributed by atoms with E-state index in [1.165, 1.54) is 0 Å². The van der Waals surface area contributed by atoms with Crippen molar-refractivity contribution in [1.29, 1.82) is 0 Å². The first-order chi connectivity index (χ1) is 10.6. The molecule has 1 aromatic rings. The lowest BCUT2D eigenvalue weighted by Crippen LogP contribution is -2.44. The first-order valence-corrected chi connectivity index (χ1v) is 8.09. The molecule has 0 radical (unpaired) electrons. The average molecular weight is 331 g/mol. The molecule has 1 amide bonds. The summed E-state index contributed by atoms with van der Waals surface area (Å²) in [5.74, 6) is -1.24. The second kappa shape index (κ2) is 6.53. The Morgan fingerprint density at radius 3 is 2.26 bits per heavy atom. The molecule has 4 nitrogen and oxygen atoms in total. The fraction of sp³-hybridized carbons (Fsp3) is 0.750. The Hall–Kier alpha value is -1.53. The molecule has 1 aliphatic rings.